The van der Waals surface area contributed by atoms with E-state index in [0.717, 1.165) is 30.6 Å². The summed E-state index contributed by atoms with van der Waals surface area (Å²) in [5.74, 6) is -1.61. The van der Waals surface area contributed by atoms with Crippen molar-refractivity contribution in [2.45, 2.75) is 48.3 Å². The molecule has 1 aliphatic rings. The lowest BCUT2D eigenvalue weighted by atomic mass is 9.78. The number of methoxy groups -OCH3 is 1. The molecule has 42 heavy (non-hydrogen) atoms. The van der Waals surface area contributed by atoms with Crippen LogP contribution in [0.2, 0.25) is 0 Å². The molecule has 3 aromatic rings. The lowest BCUT2D eigenvalue weighted by molar-refractivity contribution is -0.137. The normalized spacial score (nSPS) is 19.3. The molecule has 0 unspecified atom stereocenters. The van der Waals surface area contributed by atoms with Crippen LogP contribution in [-0.4, -0.2) is 63.0 Å². The summed E-state index contributed by atoms with van der Waals surface area (Å²) in [7, 11) is 0.184. The summed E-state index contributed by atoms with van der Waals surface area (Å²) >= 11 is 0. The van der Waals surface area contributed by atoms with Crippen LogP contribution in [0, 0.1) is 5.82 Å². The Morgan fingerprint density at radius 3 is 2.50 bits per heavy atom. The molecule has 0 bridgehead atoms. The van der Waals surface area contributed by atoms with Crippen LogP contribution in [0.4, 0.5) is 29.1 Å². The van der Waals surface area contributed by atoms with Crippen LogP contribution in [0.25, 0.3) is 0 Å². The summed E-state index contributed by atoms with van der Waals surface area (Å²) in [5, 5.41) is 3.24. The highest BCUT2D eigenvalue weighted by atomic mass is 32.2. The monoisotopic (exact) mass is 611 g/mol. The minimum atomic E-state index is -4.79. The lowest BCUT2D eigenvalue weighted by Crippen LogP contribution is -2.47. The fraction of sp³-hybridized carbons (Fsp3) is 0.370. The second-order valence-electron chi connectivity index (χ2n) is 9.90. The summed E-state index contributed by atoms with van der Waals surface area (Å²) in [6.07, 6.45) is -0.576. The molecule has 10 nitrogen and oxygen atoms in total. The van der Waals surface area contributed by atoms with Crippen molar-refractivity contribution in [3.63, 3.8) is 0 Å². The first-order valence-corrected chi connectivity index (χ1v) is 14.2. The molecule has 3 atom stereocenters. The molecule has 0 spiro atoms. The van der Waals surface area contributed by atoms with Crippen molar-refractivity contribution in [3.05, 3.63) is 71.9 Å². The number of benzene rings is 2. The number of aromatic nitrogens is 2. The molecule has 1 fully saturated rings. The number of anilines is 2. The molecule has 226 valence electrons. The Balaban J connectivity index is 1.61. The Hall–Kier alpha value is -3.98. The quantitative estimate of drug-likeness (QED) is 0.200. The SMILES string of the molecule is COc1cc(S(=O)(=O)N(OC=O)c2ccncn2)c(F)cc1N[C@H]1CC[C@H](c2cccc(C(F)(F)F)c2)C[C@@H]1N(C)C. The number of sulfonamides is 1. The summed E-state index contributed by atoms with van der Waals surface area (Å²) in [4.78, 5) is 24.2. The molecular formula is C27H29F4N5O5S. The van der Waals surface area contributed by atoms with E-state index in [1.165, 1.54) is 25.4 Å². The predicted molar refractivity (Wildman–Crippen MR) is 145 cm³/mol. The number of hydrogen-bond donors (Lipinski definition) is 1. The van der Waals surface area contributed by atoms with Crippen LogP contribution < -0.4 is 14.5 Å². The number of halogens is 4. The van der Waals surface area contributed by atoms with E-state index in [1.54, 1.807) is 6.07 Å². The van der Waals surface area contributed by atoms with Gasteiger partial charge in [0.1, 0.15) is 22.8 Å². The molecule has 0 saturated heterocycles. The Labute approximate surface area is 240 Å². The fourth-order valence-electron chi connectivity index (χ4n) is 5.13. The predicted octanol–water partition coefficient (Wildman–Crippen LogP) is 4.60. The summed E-state index contributed by atoms with van der Waals surface area (Å²) < 4.78 is 87.5. The number of hydrogen-bond acceptors (Lipinski definition) is 9. The second kappa shape index (κ2) is 12.5. The minimum absolute atomic E-state index is 0.00113. The molecule has 1 saturated carbocycles. The number of ether oxygens (including phenoxy) is 1. The van der Waals surface area contributed by atoms with Crippen molar-refractivity contribution in [1.82, 2.24) is 14.9 Å². The summed E-state index contributed by atoms with van der Waals surface area (Å²) in [5.41, 5.74) is 0.0704. The number of carbonyl (C=O) groups is 1. The van der Waals surface area contributed by atoms with Crippen molar-refractivity contribution in [2.24, 2.45) is 0 Å². The standard InChI is InChI=1S/C27H29F4N5O5S/c1-35(2)23-12-18(17-5-4-6-19(11-17)27(29,30)31)7-8-21(23)34-22-13-20(28)25(14-24(22)40-3)42(38,39)36(41-16-37)26-9-10-32-15-33-26/h4-6,9-11,13-16,18,21,23,34H,7-8,12H2,1-3H3/t18-,21-,23-/m0/s1. The number of rotatable bonds is 10. The molecule has 2 aromatic carbocycles. The van der Waals surface area contributed by atoms with E-state index in [-0.39, 0.29) is 46.2 Å². The van der Waals surface area contributed by atoms with Gasteiger partial charge in [0.15, 0.2) is 5.82 Å². The first kappa shape index (κ1) is 31.0. The number of nitrogens with one attached hydrogen (secondary N) is 1. The third-order valence-electron chi connectivity index (χ3n) is 7.15. The molecule has 1 aliphatic carbocycles. The van der Waals surface area contributed by atoms with E-state index < -0.39 is 32.5 Å². The minimum Gasteiger partial charge on any atom is -0.495 e. The molecule has 0 amide bonds. The molecule has 1 aromatic heterocycles. The van der Waals surface area contributed by atoms with Gasteiger partial charge in [-0.2, -0.15) is 21.6 Å². The number of carbonyl (C=O) groups excluding carboxylic acids is 1. The Morgan fingerprint density at radius 2 is 1.88 bits per heavy atom. The van der Waals surface area contributed by atoms with Gasteiger partial charge in [-0.05, 0) is 50.9 Å². The first-order valence-electron chi connectivity index (χ1n) is 12.8. The van der Waals surface area contributed by atoms with Gasteiger partial charge in [0.2, 0.25) is 0 Å². The zero-order valence-electron chi connectivity index (χ0n) is 22.9. The van der Waals surface area contributed by atoms with Crippen LogP contribution in [0.5, 0.6) is 5.75 Å². The molecule has 0 aliphatic heterocycles. The van der Waals surface area contributed by atoms with Crippen LogP contribution in [0.1, 0.15) is 36.3 Å². The first-order chi connectivity index (χ1) is 19.9. The van der Waals surface area contributed by atoms with Gasteiger partial charge in [-0.3, -0.25) is 4.79 Å². The highest BCUT2D eigenvalue weighted by molar-refractivity contribution is 7.92. The van der Waals surface area contributed by atoms with Gasteiger partial charge in [0.25, 0.3) is 10.0 Å². The zero-order valence-corrected chi connectivity index (χ0v) is 23.7. The van der Waals surface area contributed by atoms with Crippen molar-refractivity contribution in [1.29, 1.82) is 0 Å². The highest BCUT2D eigenvalue weighted by Gasteiger charge is 2.37. The zero-order chi connectivity index (χ0) is 30.7. The maximum absolute atomic E-state index is 15.4. The Morgan fingerprint density at radius 1 is 1.12 bits per heavy atom. The molecule has 1 heterocycles. The van der Waals surface area contributed by atoms with Gasteiger partial charge in [0.05, 0.1) is 18.4 Å². The average Bonchev–Trinajstić information content (AvgIpc) is 2.96. The summed E-state index contributed by atoms with van der Waals surface area (Å²) in [6.45, 7) is -0.137. The smallest absolute Gasteiger partial charge is 0.416 e. The maximum atomic E-state index is 15.4. The third-order valence-corrected chi connectivity index (χ3v) is 8.73. The number of likely N-dealkylation sites (N-methyl/N-ethyl adjacent to an activating group) is 1. The maximum Gasteiger partial charge on any atom is 0.416 e. The number of alkyl halides is 3. The van der Waals surface area contributed by atoms with E-state index >= 15 is 4.39 Å². The topological polar surface area (TPSA) is 114 Å². The van der Waals surface area contributed by atoms with E-state index in [1.807, 2.05) is 19.0 Å². The van der Waals surface area contributed by atoms with Crippen LogP contribution in [0.3, 0.4) is 0 Å². The van der Waals surface area contributed by atoms with Gasteiger partial charge >= 0.3 is 12.6 Å². The second-order valence-corrected chi connectivity index (χ2v) is 11.6. The summed E-state index contributed by atoms with van der Waals surface area (Å²) in [6, 6.07) is 7.98. The van der Waals surface area contributed by atoms with Crippen LogP contribution in [0.15, 0.2) is 59.9 Å². The number of nitrogens with zero attached hydrogens (tertiary/aromatic N) is 4. The molecule has 1 N–H and O–H groups in total. The van der Waals surface area contributed by atoms with Crippen molar-refractivity contribution in [2.75, 3.05) is 31.0 Å². The molecule has 0 radical (unpaired) electrons. The van der Waals surface area contributed by atoms with Gasteiger partial charge in [-0.15, -0.1) is 0 Å². The van der Waals surface area contributed by atoms with Crippen molar-refractivity contribution < 1.29 is 40.3 Å². The van der Waals surface area contributed by atoms with E-state index in [2.05, 4.69) is 20.1 Å². The van der Waals surface area contributed by atoms with E-state index in [9.17, 15) is 26.4 Å². The highest BCUT2D eigenvalue weighted by Crippen LogP contribution is 2.40. The third kappa shape index (κ3) is 6.57. The Bertz CT molecular complexity index is 1510. The van der Waals surface area contributed by atoms with E-state index in [0.29, 0.717) is 24.8 Å². The van der Waals surface area contributed by atoms with Gasteiger partial charge in [-0.1, -0.05) is 22.7 Å². The van der Waals surface area contributed by atoms with E-state index in [4.69, 9.17) is 4.74 Å². The lowest BCUT2D eigenvalue weighted by Gasteiger charge is -2.41. The van der Waals surface area contributed by atoms with Crippen LogP contribution in [-0.2, 0) is 25.8 Å². The van der Waals surface area contributed by atoms with Gasteiger partial charge < -0.3 is 19.8 Å². The largest absolute Gasteiger partial charge is 0.495 e. The van der Waals surface area contributed by atoms with Gasteiger partial charge in [0, 0.05) is 36.5 Å². The fourth-order valence-corrected chi connectivity index (χ4v) is 6.37. The molecular weight excluding hydrogens is 582 g/mol. The molecule has 4 rings (SSSR count). The van der Waals surface area contributed by atoms with Crippen molar-refractivity contribution in [3.8, 4) is 5.75 Å². The average molecular weight is 612 g/mol. The van der Waals surface area contributed by atoms with Gasteiger partial charge in [-0.25, -0.2) is 14.4 Å². The Kier molecular flexibility index (Phi) is 9.21. The van der Waals surface area contributed by atoms with Crippen LogP contribution >= 0.6 is 0 Å². The molecule has 15 heteroatoms. The van der Waals surface area contributed by atoms with Crippen molar-refractivity contribution >= 4 is 28.0 Å².